The fraction of sp³-hybridized carbons (Fsp3) is 1.00. The summed E-state index contributed by atoms with van der Waals surface area (Å²) in [7, 11) is 0. The monoisotopic (exact) mass is 665 g/mol. The molecule has 0 aliphatic rings. The van der Waals surface area contributed by atoms with Gasteiger partial charge in [0, 0.05) is 25.0 Å². The van der Waals surface area contributed by atoms with E-state index in [-0.39, 0.29) is 59.3 Å². The zero-order valence-corrected chi connectivity index (χ0v) is 26.3. The number of β-amino-alcohol motifs (C(OH)–C–C–N with tert-alkyl or cyclic N) is 3. The molecule has 0 fully saturated rings. The number of aliphatic hydroxyl groups excluding tert-OH is 12. The zero-order chi connectivity index (χ0) is 34.4. The van der Waals surface area contributed by atoms with Gasteiger partial charge in [-0.2, -0.15) is 0 Å². The minimum Gasteiger partial charge on any atom is -0.394 e. The number of hydrogen-bond acceptors (Lipinski definition) is 18. The number of hydrogen-bond donors (Lipinski definition) is 15. The van der Waals surface area contributed by atoms with Gasteiger partial charge >= 0.3 is 0 Å². The first kappa shape index (κ1) is 44.3. The number of ether oxygens (including phenoxy) is 3. The second-order valence-electron chi connectivity index (χ2n) is 11.8. The normalized spacial score (nSPS) is 16.5. The van der Waals surface area contributed by atoms with Crippen molar-refractivity contribution in [3.8, 4) is 0 Å². The van der Waals surface area contributed by atoms with Crippen LogP contribution in [0.15, 0.2) is 0 Å². The highest BCUT2D eigenvalue weighted by Crippen LogP contribution is 2.24. The van der Waals surface area contributed by atoms with E-state index in [9.17, 15) is 61.3 Å². The minimum atomic E-state index is -1.38. The maximum atomic E-state index is 10.4. The molecule has 0 aliphatic carbocycles. The summed E-state index contributed by atoms with van der Waals surface area (Å²) in [4.78, 5) is 0. The van der Waals surface area contributed by atoms with Gasteiger partial charge in [-0.25, -0.2) is 0 Å². The lowest BCUT2D eigenvalue weighted by molar-refractivity contribution is -0.101. The van der Waals surface area contributed by atoms with Gasteiger partial charge in [-0.1, -0.05) is 6.92 Å². The van der Waals surface area contributed by atoms with Gasteiger partial charge in [-0.15, -0.1) is 0 Å². The second kappa shape index (κ2) is 23.6. The van der Waals surface area contributed by atoms with Crippen molar-refractivity contribution in [2.24, 2.45) is 5.41 Å². The van der Waals surface area contributed by atoms with E-state index in [1.54, 1.807) is 0 Å². The van der Waals surface area contributed by atoms with Crippen LogP contribution in [0.2, 0.25) is 0 Å². The molecular weight excluding hydrogens is 606 g/mol. The molecule has 45 heavy (non-hydrogen) atoms. The summed E-state index contributed by atoms with van der Waals surface area (Å²) < 4.78 is 17.3. The second-order valence-corrected chi connectivity index (χ2v) is 11.8. The topological polar surface area (TPSA) is 307 Å². The summed E-state index contributed by atoms with van der Waals surface area (Å²) >= 11 is 0. The molecule has 3 unspecified atom stereocenters. The summed E-state index contributed by atoms with van der Waals surface area (Å²) in [5.41, 5.74) is -4.97. The molecule has 0 aromatic carbocycles. The molecule has 18 heteroatoms. The van der Waals surface area contributed by atoms with E-state index in [1.165, 1.54) is 0 Å². The Morgan fingerprint density at radius 3 is 0.844 bits per heavy atom. The Balaban J connectivity index is 5.26. The first-order chi connectivity index (χ1) is 21.4. The highest BCUT2D eigenvalue weighted by molar-refractivity contribution is 4.89. The Kier molecular flexibility index (Phi) is 23.2. The van der Waals surface area contributed by atoms with Crippen LogP contribution < -0.4 is 16.0 Å². The summed E-state index contributed by atoms with van der Waals surface area (Å²) in [5, 5.41) is 124. The summed E-state index contributed by atoms with van der Waals surface area (Å²) in [6.07, 6.45) is -2.82. The molecule has 0 radical (unpaired) electrons. The fourth-order valence-electron chi connectivity index (χ4n) is 3.80. The predicted molar refractivity (Wildman–Crippen MR) is 159 cm³/mol. The van der Waals surface area contributed by atoms with Gasteiger partial charge in [0.05, 0.1) is 134 Å². The van der Waals surface area contributed by atoms with Crippen molar-refractivity contribution in [3.63, 3.8) is 0 Å². The largest absolute Gasteiger partial charge is 0.394 e. The standard InChI is InChI=1S/C27H59N3O15/c1-2-24(18-43-6-21(40)3-28-25(9-31,10-32)11-33,19-44-7-22(41)4-29-26(12-34,13-35)14-36)20-45-8-23(42)5-30-27(15-37,16-38)17-39/h21-23,28-42H,2-20H2,1H3. The van der Waals surface area contributed by atoms with E-state index in [0.29, 0.717) is 6.42 Å². The summed E-state index contributed by atoms with van der Waals surface area (Å²) in [5.74, 6) is 0. The molecule has 0 aromatic rings. The van der Waals surface area contributed by atoms with Crippen molar-refractivity contribution in [2.45, 2.75) is 48.3 Å². The minimum absolute atomic E-state index is 0.000308. The van der Waals surface area contributed by atoms with Crippen molar-refractivity contribution in [2.75, 3.05) is 119 Å². The average Bonchev–Trinajstić information content (AvgIpc) is 3.07. The van der Waals surface area contributed by atoms with Crippen LogP contribution in [0.5, 0.6) is 0 Å². The molecule has 0 spiro atoms. The van der Waals surface area contributed by atoms with Gasteiger partial charge in [0.2, 0.25) is 0 Å². The first-order valence-electron chi connectivity index (χ1n) is 14.9. The number of nitrogens with one attached hydrogen (secondary N) is 3. The molecule has 0 rings (SSSR count). The first-order valence-corrected chi connectivity index (χ1v) is 14.9. The van der Waals surface area contributed by atoms with Gasteiger partial charge in [0.25, 0.3) is 0 Å². The molecule has 15 N–H and O–H groups in total. The van der Waals surface area contributed by atoms with Gasteiger partial charge < -0.3 is 91.4 Å². The third-order valence-corrected chi connectivity index (χ3v) is 7.77. The Bertz CT molecular complexity index is 602. The molecule has 0 heterocycles. The molecule has 0 aliphatic heterocycles. The highest BCUT2D eigenvalue weighted by Gasteiger charge is 2.33. The fourth-order valence-corrected chi connectivity index (χ4v) is 3.80. The lowest BCUT2D eigenvalue weighted by atomic mass is 9.88. The van der Waals surface area contributed by atoms with Crippen molar-refractivity contribution in [1.29, 1.82) is 0 Å². The zero-order valence-electron chi connectivity index (χ0n) is 26.3. The molecule has 18 nitrogen and oxygen atoms in total. The van der Waals surface area contributed by atoms with Gasteiger partial charge in [0.15, 0.2) is 0 Å². The predicted octanol–water partition coefficient (Wildman–Crippen LogP) is -7.57. The van der Waals surface area contributed by atoms with Gasteiger partial charge in [0.1, 0.15) is 0 Å². The highest BCUT2D eigenvalue weighted by atomic mass is 16.5. The third kappa shape index (κ3) is 15.8. The lowest BCUT2D eigenvalue weighted by Crippen LogP contribution is -2.57. The van der Waals surface area contributed by atoms with Crippen molar-refractivity contribution in [1.82, 2.24) is 16.0 Å². The van der Waals surface area contributed by atoms with Gasteiger partial charge in [-0.05, 0) is 6.42 Å². The van der Waals surface area contributed by atoms with Crippen LogP contribution in [0, 0.1) is 5.41 Å². The van der Waals surface area contributed by atoms with Crippen LogP contribution in [0.1, 0.15) is 13.3 Å². The van der Waals surface area contributed by atoms with Crippen molar-refractivity contribution < 1.29 is 75.5 Å². The molecule has 272 valence electrons. The van der Waals surface area contributed by atoms with E-state index in [1.807, 2.05) is 6.92 Å². The summed E-state index contributed by atoms with van der Waals surface area (Å²) in [6, 6.07) is 0. The van der Waals surface area contributed by atoms with Crippen LogP contribution in [-0.4, -0.2) is 215 Å². The molecule has 0 bridgehead atoms. The van der Waals surface area contributed by atoms with Crippen molar-refractivity contribution in [3.05, 3.63) is 0 Å². The number of rotatable bonds is 31. The summed E-state index contributed by atoms with van der Waals surface area (Å²) in [6.45, 7) is -4.11. The molecule has 0 saturated heterocycles. The van der Waals surface area contributed by atoms with Crippen LogP contribution in [-0.2, 0) is 14.2 Å². The Morgan fingerprint density at radius 1 is 0.444 bits per heavy atom. The maximum Gasteiger partial charge on any atom is 0.0897 e. The molecular formula is C27H59N3O15. The Morgan fingerprint density at radius 2 is 0.667 bits per heavy atom. The maximum absolute atomic E-state index is 10.4. The molecule has 0 aromatic heterocycles. The smallest absolute Gasteiger partial charge is 0.0897 e. The van der Waals surface area contributed by atoms with E-state index in [0.717, 1.165) is 0 Å². The van der Waals surface area contributed by atoms with Crippen LogP contribution in [0.25, 0.3) is 0 Å². The molecule has 3 atom stereocenters. The van der Waals surface area contributed by atoms with E-state index >= 15 is 0 Å². The van der Waals surface area contributed by atoms with E-state index < -0.39 is 99.8 Å². The van der Waals surface area contributed by atoms with Crippen molar-refractivity contribution >= 4 is 0 Å². The average molecular weight is 666 g/mol. The van der Waals surface area contributed by atoms with E-state index in [2.05, 4.69) is 16.0 Å². The lowest BCUT2D eigenvalue weighted by Gasteiger charge is -2.34. The number of aliphatic hydroxyl groups is 12. The molecule has 0 saturated carbocycles. The Hall–Kier alpha value is -0.720. The van der Waals surface area contributed by atoms with Crippen LogP contribution in [0.3, 0.4) is 0 Å². The SMILES string of the molecule is CCC(COCC(O)CNC(CO)(CO)CO)(COCC(O)CNC(CO)(CO)CO)COCC(O)CNC(CO)(CO)CO. The quantitative estimate of drug-likeness (QED) is 0.0327. The van der Waals surface area contributed by atoms with E-state index in [4.69, 9.17) is 14.2 Å². The third-order valence-electron chi connectivity index (χ3n) is 7.77. The Labute approximate surface area is 264 Å². The van der Waals surface area contributed by atoms with Crippen LogP contribution in [0.4, 0.5) is 0 Å². The van der Waals surface area contributed by atoms with Crippen LogP contribution >= 0.6 is 0 Å². The molecule has 0 amide bonds. The van der Waals surface area contributed by atoms with Gasteiger partial charge in [-0.3, -0.25) is 0 Å².